The molecule has 0 spiro atoms. The van der Waals surface area contributed by atoms with E-state index in [1.165, 1.54) is 12.0 Å². The van der Waals surface area contributed by atoms with Crippen LogP contribution < -0.4 is 5.32 Å². The van der Waals surface area contributed by atoms with Crippen molar-refractivity contribution in [3.8, 4) is 0 Å². The van der Waals surface area contributed by atoms with Crippen LogP contribution >= 0.6 is 0 Å². The molecule has 2 aromatic carbocycles. The molecular formula is C34H48N4O3. The van der Waals surface area contributed by atoms with Crippen LogP contribution in [0.3, 0.4) is 0 Å². The molecule has 41 heavy (non-hydrogen) atoms. The summed E-state index contributed by atoms with van der Waals surface area (Å²) >= 11 is 0. The number of hydrogen-bond acceptors (Lipinski definition) is 4. The van der Waals surface area contributed by atoms with Gasteiger partial charge in [0, 0.05) is 57.8 Å². The zero-order chi connectivity index (χ0) is 28.6. The average molecular weight is 561 g/mol. The number of carbonyl (C=O) groups excluding carboxylic acids is 1. The molecule has 0 unspecified atom stereocenters. The second-order valence-corrected chi connectivity index (χ2v) is 12.4. The summed E-state index contributed by atoms with van der Waals surface area (Å²) in [7, 11) is 0. The fourth-order valence-corrected chi connectivity index (χ4v) is 7.69. The van der Waals surface area contributed by atoms with Gasteiger partial charge in [-0.25, -0.2) is 4.79 Å². The number of rotatable bonds is 10. The Balaban J connectivity index is 1.20. The number of carbonyl (C=O) groups is 2. The van der Waals surface area contributed by atoms with Gasteiger partial charge in [0.2, 0.25) is 0 Å². The van der Waals surface area contributed by atoms with E-state index in [0.29, 0.717) is 24.9 Å². The highest BCUT2D eigenvalue weighted by Gasteiger charge is 2.43. The number of hydrogen-bond donors (Lipinski definition) is 2. The zero-order valence-corrected chi connectivity index (χ0v) is 24.7. The van der Waals surface area contributed by atoms with Crippen molar-refractivity contribution in [2.45, 2.75) is 76.4 Å². The SMILES string of the molecule is CCN(C(=O)NCc1ccccc1)C1CCN(C[C@H]2CN([C@@H](C(=O)O)C3CCCCC3)C[C@@H]2c2ccccc2)CC1. The molecule has 2 aliphatic heterocycles. The first-order chi connectivity index (χ1) is 20.0. The molecule has 2 heterocycles. The molecular weight excluding hydrogens is 512 g/mol. The predicted octanol–water partition coefficient (Wildman–Crippen LogP) is 5.43. The Hall–Kier alpha value is -2.90. The predicted molar refractivity (Wildman–Crippen MR) is 163 cm³/mol. The van der Waals surface area contributed by atoms with Gasteiger partial charge in [0.1, 0.15) is 6.04 Å². The molecule has 7 heteroatoms. The largest absolute Gasteiger partial charge is 0.480 e. The standard InChI is InChI=1S/C34H48N4O3/c1-2-38(34(41)35-22-26-12-6-3-7-13-26)30-18-20-36(21-19-30)23-29-24-37(25-31(29)27-14-8-4-9-15-27)32(33(39)40)28-16-10-5-11-17-28/h3-4,6-9,12-15,28-32H,2,5,10-11,16-25H2,1H3,(H,35,41)(H,39,40)/t29-,31+,32+/m0/s1. The Morgan fingerprint density at radius 3 is 2.22 bits per heavy atom. The van der Waals surface area contributed by atoms with Gasteiger partial charge in [-0.15, -0.1) is 0 Å². The highest BCUT2D eigenvalue weighted by Crippen LogP contribution is 2.38. The molecule has 3 fully saturated rings. The van der Waals surface area contributed by atoms with Gasteiger partial charge in [-0.05, 0) is 55.6 Å². The minimum Gasteiger partial charge on any atom is -0.480 e. The van der Waals surface area contributed by atoms with Gasteiger partial charge in [0.05, 0.1) is 0 Å². The number of aliphatic carboxylic acids is 1. The summed E-state index contributed by atoms with van der Waals surface area (Å²) in [5.41, 5.74) is 2.44. The lowest BCUT2D eigenvalue weighted by Gasteiger charge is -2.39. The van der Waals surface area contributed by atoms with Gasteiger partial charge < -0.3 is 20.2 Å². The average Bonchev–Trinajstić information content (AvgIpc) is 3.41. The van der Waals surface area contributed by atoms with E-state index in [1.54, 1.807) is 0 Å². The first-order valence-electron chi connectivity index (χ1n) is 15.9. The van der Waals surface area contributed by atoms with E-state index >= 15 is 0 Å². The fourth-order valence-electron chi connectivity index (χ4n) is 7.69. The number of likely N-dealkylation sites (tertiary alicyclic amines) is 2. The first kappa shape index (κ1) is 29.6. The summed E-state index contributed by atoms with van der Waals surface area (Å²) in [6.07, 6.45) is 7.56. The lowest BCUT2D eigenvalue weighted by atomic mass is 9.83. The topological polar surface area (TPSA) is 76.1 Å². The second-order valence-electron chi connectivity index (χ2n) is 12.4. The number of amides is 2. The molecule has 1 saturated carbocycles. The van der Waals surface area contributed by atoms with Crippen molar-refractivity contribution in [3.05, 3.63) is 71.8 Å². The summed E-state index contributed by atoms with van der Waals surface area (Å²) in [5.74, 6) is 0.363. The van der Waals surface area contributed by atoms with Crippen LogP contribution in [0.15, 0.2) is 60.7 Å². The number of nitrogens with zero attached hydrogens (tertiary/aromatic N) is 3. The molecule has 2 aromatic rings. The molecule has 2 N–H and O–H groups in total. The van der Waals surface area contributed by atoms with Crippen LogP contribution in [0.4, 0.5) is 4.79 Å². The van der Waals surface area contributed by atoms with Crippen molar-refractivity contribution >= 4 is 12.0 Å². The molecule has 0 aromatic heterocycles. The van der Waals surface area contributed by atoms with Crippen molar-refractivity contribution in [3.63, 3.8) is 0 Å². The van der Waals surface area contributed by atoms with Crippen LogP contribution in [0, 0.1) is 11.8 Å². The molecule has 0 bridgehead atoms. The van der Waals surface area contributed by atoms with Crippen molar-refractivity contribution in [2.24, 2.45) is 11.8 Å². The van der Waals surface area contributed by atoms with E-state index in [-0.39, 0.29) is 24.0 Å². The van der Waals surface area contributed by atoms with Crippen molar-refractivity contribution in [1.29, 1.82) is 0 Å². The third-order valence-electron chi connectivity index (χ3n) is 9.82. The van der Waals surface area contributed by atoms with E-state index < -0.39 is 5.97 Å². The van der Waals surface area contributed by atoms with Crippen LogP contribution in [0.25, 0.3) is 0 Å². The number of benzene rings is 2. The summed E-state index contributed by atoms with van der Waals surface area (Å²) in [6.45, 7) is 7.90. The Morgan fingerprint density at radius 2 is 1.59 bits per heavy atom. The van der Waals surface area contributed by atoms with Crippen LogP contribution in [0.2, 0.25) is 0 Å². The van der Waals surface area contributed by atoms with Crippen molar-refractivity contribution in [2.75, 3.05) is 39.3 Å². The minimum atomic E-state index is -0.643. The maximum atomic E-state index is 13.0. The summed E-state index contributed by atoms with van der Waals surface area (Å²) in [4.78, 5) is 32.5. The van der Waals surface area contributed by atoms with E-state index in [2.05, 4.69) is 52.4 Å². The maximum Gasteiger partial charge on any atom is 0.321 e. The third-order valence-corrected chi connectivity index (χ3v) is 9.82. The maximum absolute atomic E-state index is 13.0. The molecule has 3 aliphatic rings. The molecule has 222 valence electrons. The van der Waals surface area contributed by atoms with Gasteiger partial charge in [-0.2, -0.15) is 0 Å². The highest BCUT2D eigenvalue weighted by atomic mass is 16.4. The quantitative estimate of drug-likeness (QED) is 0.405. The van der Waals surface area contributed by atoms with Crippen LogP contribution in [-0.2, 0) is 11.3 Å². The van der Waals surface area contributed by atoms with Gasteiger partial charge >= 0.3 is 12.0 Å². The Kier molecular flexibility index (Phi) is 10.3. The molecule has 5 rings (SSSR count). The van der Waals surface area contributed by atoms with Gasteiger partial charge in [0.15, 0.2) is 0 Å². The number of nitrogens with one attached hydrogen (secondary N) is 1. The molecule has 3 atom stereocenters. The molecule has 7 nitrogen and oxygen atoms in total. The second kappa shape index (κ2) is 14.3. The highest BCUT2D eigenvalue weighted by molar-refractivity contribution is 5.74. The monoisotopic (exact) mass is 560 g/mol. The number of piperidine rings is 1. The fraction of sp³-hybridized carbons (Fsp3) is 0.588. The zero-order valence-electron chi connectivity index (χ0n) is 24.7. The minimum absolute atomic E-state index is 0.0211. The number of carboxylic acids is 1. The lowest BCUT2D eigenvalue weighted by molar-refractivity contribution is -0.145. The Morgan fingerprint density at radius 1 is 0.927 bits per heavy atom. The van der Waals surface area contributed by atoms with E-state index in [9.17, 15) is 14.7 Å². The number of urea groups is 1. The molecule has 2 saturated heterocycles. The van der Waals surface area contributed by atoms with Crippen LogP contribution in [0.1, 0.15) is 68.9 Å². The smallest absolute Gasteiger partial charge is 0.321 e. The van der Waals surface area contributed by atoms with E-state index in [1.807, 2.05) is 35.2 Å². The Labute approximate surface area is 245 Å². The normalized spacial score (nSPS) is 23.7. The Bertz CT molecular complexity index is 1100. The number of carboxylic acid groups (broad SMARTS) is 1. The van der Waals surface area contributed by atoms with E-state index in [0.717, 1.165) is 76.8 Å². The van der Waals surface area contributed by atoms with Gasteiger partial charge in [-0.3, -0.25) is 9.69 Å². The van der Waals surface area contributed by atoms with E-state index in [4.69, 9.17) is 0 Å². The first-order valence-corrected chi connectivity index (χ1v) is 15.9. The summed E-state index contributed by atoms with van der Waals surface area (Å²) in [5, 5.41) is 13.4. The molecule has 2 amide bonds. The van der Waals surface area contributed by atoms with Crippen LogP contribution in [0.5, 0.6) is 0 Å². The third kappa shape index (κ3) is 7.49. The summed E-state index contributed by atoms with van der Waals surface area (Å²) < 4.78 is 0. The van der Waals surface area contributed by atoms with Crippen molar-refractivity contribution < 1.29 is 14.7 Å². The summed E-state index contributed by atoms with van der Waals surface area (Å²) in [6, 6.07) is 20.7. The van der Waals surface area contributed by atoms with Gasteiger partial charge in [-0.1, -0.05) is 79.9 Å². The van der Waals surface area contributed by atoms with Crippen molar-refractivity contribution in [1.82, 2.24) is 20.0 Å². The lowest BCUT2D eigenvalue weighted by Crippen LogP contribution is -2.51. The van der Waals surface area contributed by atoms with Gasteiger partial charge in [0.25, 0.3) is 0 Å². The molecule has 1 aliphatic carbocycles. The van der Waals surface area contributed by atoms with Crippen LogP contribution in [-0.4, -0.2) is 83.2 Å². The molecule has 0 radical (unpaired) electrons.